The molecular formula is C26H24F4N4O3. The number of ether oxygens (including phenoxy) is 1. The molecule has 0 aliphatic rings. The summed E-state index contributed by atoms with van der Waals surface area (Å²) in [5, 5.41) is 17.2. The lowest BCUT2D eigenvalue weighted by molar-refractivity contribution is -0.265. The third-order valence-corrected chi connectivity index (χ3v) is 5.88. The van der Waals surface area contributed by atoms with E-state index in [0.717, 1.165) is 18.2 Å². The second-order valence-electron chi connectivity index (χ2n) is 8.30. The molecule has 0 saturated carbocycles. The normalized spacial score (nSPS) is 13.4. The van der Waals surface area contributed by atoms with Crippen LogP contribution in [0.15, 0.2) is 60.9 Å². The van der Waals surface area contributed by atoms with Gasteiger partial charge in [-0.2, -0.15) is 18.3 Å². The van der Waals surface area contributed by atoms with Crippen LogP contribution in [0.5, 0.6) is 5.75 Å². The molecule has 3 aromatic heterocycles. The first-order valence-corrected chi connectivity index (χ1v) is 11.5. The van der Waals surface area contributed by atoms with E-state index in [9.17, 15) is 27.5 Å². The Morgan fingerprint density at radius 1 is 1.14 bits per heavy atom. The highest BCUT2D eigenvalue weighted by Crippen LogP contribution is 2.42. The zero-order chi connectivity index (χ0) is 26.8. The number of aliphatic hydroxyl groups is 1. The molecule has 1 amide bonds. The van der Waals surface area contributed by atoms with Crippen molar-refractivity contribution in [2.45, 2.75) is 32.0 Å². The number of nitrogens with zero attached hydrogens (tertiary/aromatic N) is 3. The van der Waals surface area contributed by atoms with Crippen LogP contribution in [0.3, 0.4) is 0 Å². The lowest BCUT2D eigenvalue weighted by Gasteiger charge is -2.31. The summed E-state index contributed by atoms with van der Waals surface area (Å²) in [7, 11) is 0. The fourth-order valence-electron chi connectivity index (χ4n) is 3.87. The number of alkyl halides is 3. The fraction of sp³-hybridized carbons (Fsp3) is 0.269. The fourth-order valence-corrected chi connectivity index (χ4v) is 3.87. The van der Waals surface area contributed by atoms with Gasteiger partial charge in [-0.3, -0.25) is 4.79 Å². The molecule has 0 bridgehead atoms. The number of hydrogen-bond acceptors (Lipinski definition) is 5. The maximum atomic E-state index is 14.3. The molecule has 37 heavy (non-hydrogen) atoms. The lowest BCUT2D eigenvalue weighted by atomic mass is 9.94. The number of nitrogens with one attached hydrogen (secondary N) is 1. The molecule has 4 rings (SSSR count). The van der Waals surface area contributed by atoms with Crippen molar-refractivity contribution in [3.05, 3.63) is 83.6 Å². The molecule has 2 N–H and O–H groups in total. The third-order valence-electron chi connectivity index (χ3n) is 5.88. The van der Waals surface area contributed by atoms with Crippen molar-refractivity contribution in [1.82, 2.24) is 19.9 Å². The van der Waals surface area contributed by atoms with Gasteiger partial charge in [-0.15, -0.1) is 0 Å². The highest BCUT2D eigenvalue weighted by Gasteiger charge is 2.56. The van der Waals surface area contributed by atoms with Crippen molar-refractivity contribution in [2.75, 3.05) is 13.2 Å². The Kier molecular flexibility index (Phi) is 7.17. The minimum Gasteiger partial charge on any atom is -0.491 e. The average Bonchev–Trinajstić information content (AvgIpc) is 3.35. The second-order valence-corrected chi connectivity index (χ2v) is 8.30. The Morgan fingerprint density at radius 2 is 1.86 bits per heavy atom. The Balaban J connectivity index is 1.75. The summed E-state index contributed by atoms with van der Waals surface area (Å²) < 4.78 is 63.7. The minimum absolute atomic E-state index is 0.0214. The van der Waals surface area contributed by atoms with E-state index in [1.165, 1.54) is 28.9 Å². The first kappa shape index (κ1) is 26.1. The molecule has 194 valence electrons. The van der Waals surface area contributed by atoms with Crippen molar-refractivity contribution in [3.63, 3.8) is 0 Å². The van der Waals surface area contributed by atoms with Crippen LogP contribution in [0.25, 0.3) is 16.8 Å². The van der Waals surface area contributed by atoms with Gasteiger partial charge in [-0.1, -0.05) is 6.92 Å². The molecule has 0 aliphatic carbocycles. The monoisotopic (exact) mass is 516 g/mol. The molecule has 0 saturated heterocycles. The van der Waals surface area contributed by atoms with Crippen molar-refractivity contribution in [2.24, 2.45) is 0 Å². The summed E-state index contributed by atoms with van der Waals surface area (Å²) in [6, 6.07) is 11.0. The maximum Gasteiger partial charge on any atom is 0.424 e. The van der Waals surface area contributed by atoms with Crippen molar-refractivity contribution in [1.29, 1.82) is 0 Å². The number of aromatic nitrogens is 3. The molecule has 1 atom stereocenters. The molecule has 0 fully saturated rings. The number of carbonyl (C=O) groups excluding carboxylic acids is 1. The minimum atomic E-state index is -5.20. The molecule has 3 heterocycles. The van der Waals surface area contributed by atoms with Crippen LogP contribution in [-0.4, -0.2) is 44.9 Å². The van der Waals surface area contributed by atoms with Gasteiger partial charge in [-0.25, -0.2) is 13.9 Å². The molecule has 0 unspecified atom stereocenters. The highest BCUT2D eigenvalue weighted by atomic mass is 19.4. The second kappa shape index (κ2) is 10.2. The van der Waals surface area contributed by atoms with E-state index >= 15 is 0 Å². The lowest BCUT2D eigenvalue weighted by Crippen LogP contribution is -2.51. The number of hydrogen-bond donors (Lipinski definition) is 2. The Hall–Kier alpha value is -3.99. The summed E-state index contributed by atoms with van der Waals surface area (Å²) in [5.74, 6) is -1.14. The SMILES string of the molecule is CCOc1c(CC)cc([C@@](O)(CNC(=O)c2cnn3cccc3c2)C(F)(F)F)nc1-c1ccc(F)cc1. The largest absolute Gasteiger partial charge is 0.491 e. The van der Waals surface area contributed by atoms with Gasteiger partial charge < -0.3 is 15.2 Å². The third kappa shape index (κ3) is 5.12. The molecular weight excluding hydrogens is 492 g/mol. The Morgan fingerprint density at radius 3 is 2.51 bits per heavy atom. The van der Waals surface area contributed by atoms with Crippen LogP contribution in [0.4, 0.5) is 17.6 Å². The summed E-state index contributed by atoms with van der Waals surface area (Å²) in [5.41, 5.74) is -2.96. The number of amides is 1. The van der Waals surface area contributed by atoms with E-state index in [2.05, 4.69) is 15.4 Å². The Labute approximate surface area is 209 Å². The van der Waals surface area contributed by atoms with Gasteiger partial charge in [0, 0.05) is 11.8 Å². The molecule has 0 spiro atoms. The number of fused-ring (bicyclic) bond motifs is 1. The Bertz CT molecular complexity index is 1420. The summed E-state index contributed by atoms with van der Waals surface area (Å²) in [6.45, 7) is 2.44. The molecule has 7 nitrogen and oxygen atoms in total. The standard InChI is InChI=1S/C26H24F4N4O3/c1-3-16-13-21(33-22(23(16)37-4-2)17-7-9-19(27)10-8-17)25(36,26(28,29)30)15-31-24(35)18-12-20-6-5-11-34(20)32-14-18/h5-14,36H,3-4,15H2,1-2H3,(H,31,35)/t25-/m0/s1. The number of halogens is 4. The molecule has 0 radical (unpaired) electrons. The van der Waals surface area contributed by atoms with Gasteiger partial charge in [0.15, 0.2) is 0 Å². The first-order valence-electron chi connectivity index (χ1n) is 11.5. The molecule has 11 heteroatoms. The van der Waals surface area contributed by atoms with Crippen molar-refractivity contribution >= 4 is 11.4 Å². The average molecular weight is 516 g/mol. The van der Waals surface area contributed by atoms with Crippen LogP contribution < -0.4 is 10.1 Å². The first-order chi connectivity index (χ1) is 17.6. The quantitative estimate of drug-likeness (QED) is 0.332. The number of benzene rings is 1. The molecule has 0 aliphatic heterocycles. The van der Waals surface area contributed by atoms with Crippen LogP contribution in [0, 0.1) is 5.82 Å². The molecule has 1 aromatic carbocycles. The highest BCUT2D eigenvalue weighted by molar-refractivity contribution is 5.95. The van der Waals surface area contributed by atoms with E-state index < -0.39 is 35.7 Å². The van der Waals surface area contributed by atoms with E-state index in [1.54, 1.807) is 32.2 Å². The number of rotatable bonds is 8. The van der Waals surface area contributed by atoms with Crippen LogP contribution in [-0.2, 0) is 12.0 Å². The van der Waals surface area contributed by atoms with Gasteiger partial charge >= 0.3 is 6.18 Å². The van der Waals surface area contributed by atoms with Gasteiger partial charge in [-0.05, 0) is 67.4 Å². The van der Waals surface area contributed by atoms with Crippen LogP contribution >= 0.6 is 0 Å². The van der Waals surface area contributed by atoms with Gasteiger partial charge in [0.05, 0.1) is 36.1 Å². The van der Waals surface area contributed by atoms with Gasteiger partial charge in [0.2, 0.25) is 5.60 Å². The van der Waals surface area contributed by atoms with E-state index in [0.29, 0.717) is 16.6 Å². The van der Waals surface area contributed by atoms with Crippen LogP contribution in [0.1, 0.15) is 35.5 Å². The van der Waals surface area contributed by atoms with E-state index in [4.69, 9.17) is 4.74 Å². The topological polar surface area (TPSA) is 88.8 Å². The van der Waals surface area contributed by atoms with Crippen LogP contribution in [0.2, 0.25) is 0 Å². The van der Waals surface area contributed by atoms with Crippen molar-refractivity contribution < 1.29 is 32.2 Å². The predicted octanol–water partition coefficient (Wildman–Crippen LogP) is 4.68. The smallest absolute Gasteiger partial charge is 0.424 e. The van der Waals surface area contributed by atoms with Gasteiger partial charge in [0.25, 0.3) is 5.91 Å². The number of pyridine rings is 1. The summed E-state index contributed by atoms with van der Waals surface area (Å²) in [4.78, 5) is 16.8. The van der Waals surface area contributed by atoms with E-state index in [-0.39, 0.29) is 30.0 Å². The zero-order valence-electron chi connectivity index (χ0n) is 20.0. The molecule has 4 aromatic rings. The van der Waals surface area contributed by atoms with Crippen molar-refractivity contribution in [3.8, 4) is 17.0 Å². The predicted molar refractivity (Wildman–Crippen MR) is 128 cm³/mol. The van der Waals surface area contributed by atoms with Gasteiger partial charge in [0.1, 0.15) is 17.3 Å². The number of carbonyl (C=O) groups is 1. The van der Waals surface area contributed by atoms with E-state index in [1.807, 2.05) is 0 Å². The zero-order valence-corrected chi connectivity index (χ0v) is 20.0. The number of aryl methyl sites for hydroxylation is 1. The summed E-state index contributed by atoms with van der Waals surface area (Å²) in [6.07, 6.45) is -2.06. The maximum absolute atomic E-state index is 14.3. The summed E-state index contributed by atoms with van der Waals surface area (Å²) >= 11 is 0.